The van der Waals surface area contributed by atoms with Crippen molar-refractivity contribution in [2.45, 2.75) is 6.92 Å². The summed E-state index contributed by atoms with van der Waals surface area (Å²) in [5, 5.41) is 11.6. The number of nitrogens with one attached hydrogen (secondary N) is 1. The Morgan fingerprint density at radius 2 is 2.38 bits per heavy atom. The fourth-order valence-corrected chi connectivity index (χ4v) is 0.965. The predicted molar refractivity (Wildman–Crippen MR) is 51.0 cm³/mol. The maximum Gasteiger partial charge on any atom is 0.128 e. The molecule has 0 unspecified atom stereocenters. The Morgan fingerprint density at radius 1 is 1.62 bits per heavy atom. The van der Waals surface area contributed by atoms with Gasteiger partial charge in [0.25, 0.3) is 0 Å². The van der Waals surface area contributed by atoms with E-state index in [0.717, 1.165) is 5.69 Å². The van der Waals surface area contributed by atoms with Gasteiger partial charge in [0, 0.05) is 5.69 Å². The molecule has 1 aromatic heterocycles. The van der Waals surface area contributed by atoms with Crippen molar-refractivity contribution in [1.82, 2.24) is 4.98 Å². The summed E-state index contributed by atoms with van der Waals surface area (Å²) in [6, 6.07) is 5.45. The van der Waals surface area contributed by atoms with Gasteiger partial charge in [-0.05, 0) is 19.1 Å². The minimum atomic E-state index is 0.418. The lowest BCUT2D eigenvalue weighted by atomic mass is 10.2. The summed E-state index contributed by atoms with van der Waals surface area (Å²) in [6.45, 7) is 2.25. The molecule has 0 amide bonds. The molecule has 0 aliphatic heterocycles. The van der Waals surface area contributed by atoms with Crippen LogP contribution in [-0.2, 0) is 0 Å². The van der Waals surface area contributed by atoms with Gasteiger partial charge in [0.1, 0.15) is 5.82 Å². The van der Waals surface area contributed by atoms with Crippen LogP contribution >= 0.6 is 0 Å². The van der Waals surface area contributed by atoms with E-state index in [-0.39, 0.29) is 0 Å². The molecule has 0 atom stereocenters. The minimum Gasteiger partial charge on any atom is -0.359 e. The van der Waals surface area contributed by atoms with Crippen LogP contribution in [0.25, 0.3) is 0 Å². The smallest absolute Gasteiger partial charge is 0.128 e. The Labute approximate surface area is 77.4 Å². The van der Waals surface area contributed by atoms with E-state index in [9.17, 15) is 0 Å². The normalized spacial score (nSPS) is 8.54. The van der Waals surface area contributed by atoms with E-state index in [4.69, 9.17) is 11.7 Å². The molecule has 1 heterocycles. The quantitative estimate of drug-likeness (QED) is 0.682. The van der Waals surface area contributed by atoms with Gasteiger partial charge in [-0.2, -0.15) is 5.26 Å². The van der Waals surface area contributed by atoms with E-state index < -0.39 is 0 Å². The summed E-state index contributed by atoms with van der Waals surface area (Å²) in [5.41, 5.74) is 1.39. The van der Waals surface area contributed by atoms with E-state index in [2.05, 4.69) is 22.3 Å². The first kappa shape index (κ1) is 9.09. The zero-order valence-electron chi connectivity index (χ0n) is 7.33. The molecule has 0 aliphatic carbocycles. The van der Waals surface area contributed by atoms with Gasteiger partial charge in [0.2, 0.25) is 0 Å². The maximum absolute atomic E-state index is 8.67. The van der Waals surface area contributed by atoms with Crippen molar-refractivity contribution in [3.05, 3.63) is 23.4 Å². The van der Waals surface area contributed by atoms with Crippen molar-refractivity contribution in [1.29, 1.82) is 5.26 Å². The van der Waals surface area contributed by atoms with Gasteiger partial charge in [-0.15, -0.1) is 6.42 Å². The maximum atomic E-state index is 8.67. The van der Waals surface area contributed by atoms with Gasteiger partial charge in [-0.1, -0.05) is 5.92 Å². The van der Waals surface area contributed by atoms with Gasteiger partial charge in [-0.3, -0.25) is 0 Å². The highest BCUT2D eigenvalue weighted by molar-refractivity contribution is 5.44. The number of hydrogen-bond acceptors (Lipinski definition) is 3. The van der Waals surface area contributed by atoms with Crippen molar-refractivity contribution >= 4 is 5.82 Å². The Bertz CT molecular complexity index is 382. The van der Waals surface area contributed by atoms with Crippen LogP contribution in [0, 0.1) is 30.6 Å². The lowest BCUT2D eigenvalue weighted by molar-refractivity contribution is 1.16. The van der Waals surface area contributed by atoms with Crippen molar-refractivity contribution in [3.63, 3.8) is 0 Å². The highest BCUT2D eigenvalue weighted by atomic mass is 15.0. The first-order valence-electron chi connectivity index (χ1n) is 3.82. The molecular formula is C10H9N3. The third kappa shape index (κ3) is 2.50. The first-order chi connectivity index (χ1) is 6.26. The average molecular weight is 171 g/mol. The fourth-order valence-electron chi connectivity index (χ4n) is 0.965. The van der Waals surface area contributed by atoms with Crippen LogP contribution in [0.1, 0.15) is 11.3 Å². The van der Waals surface area contributed by atoms with Crippen LogP contribution in [0.2, 0.25) is 0 Å². The fraction of sp³-hybridized carbons (Fsp3) is 0.200. The Hall–Kier alpha value is -2.00. The second-order valence-corrected chi connectivity index (χ2v) is 2.55. The van der Waals surface area contributed by atoms with Gasteiger partial charge in [0.15, 0.2) is 0 Å². The molecular weight excluding hydrogens is 162 g/mol. The number of rotatable bonds is 2. The molecule has 0 bridgehead atoms. The lowest BCUT2D eigenvalue weighted by Gasteiger charge is -2.02. The van der Waals surface area contributed by atoms with Crippen molar-refractivity contribution in [2.75, 3.05) is 11.9 Å². The molecule has 1 N–H and O–H groups in total. The Balaban J connectivity index is 2.91. The van der Waals surface area contributed by atoms with Gasteiger partial charge in [0.05, 0.1) is 18.2 Å². The van der Waals surface area contributed by atoms with Gasteiger partial charge in [-0.25, -0.2) is 4.98 Å². The standard InChI is InChI=1S/C10H9N3/c1-3-4-12-10-6-9(7-11)5-8(2)13-10/h1,5-6H,4H2,2H3,(H,12,13). The topological polar surface area (TPSA) is 48.7 Å². The van der Waals surface area contributed by atoms with E-state index in [1.165, 1.54) is 0 Å². The van der Waals surface area contributed by atoms with Gasteiger partial charge >= 0.3 is 0 Å². The molecule has 0 radical (unpaired) electrons. The molecule has 3 nitrogen and oxygen atoms in total. The zero-order chi connectivity index (χ0) is 9.68. The van der Waals surface area contributed by atoms with E-state index >= 15 is 0 Å². The predicted octanol–water partition coefficient (Wildman–Crippen LogP) is 1.31. The monoisotopic (exact) mass is 171 g/mol. The average Bonchev–Trinajstić information content (AvgIpc) is 2.14. The number of anilines is 1. The van der Waals surface area contributed by atoms with E-state index in [1.807, 2.05) is 6.92 Å². The molecule has 0 saturated carbocycles. The second-order valence-electron chi connectivity index (χ2n) is 2.55. The number of nitrogens with zero attached hydrogens (tertiary/aromatic N) is 2. The van der Waals surface area contributed by atoms with Crippen molar-refractivity contribution < 1.29 is 0 Å². The molecule has 0 aromatic carbocycles. The highest BCUT2D eigenvalue weighted by Crippen LogP contribution is 2.08. The molecule has 0 fully saturated rings. The molecule has 0 aliphatic rings. The molecule has 1 rings (SSSR count). The number of aromatic nitrogens is 1. The summed E-state index contributed by atoms with van der Waals surface area (Å²) in [7, 11) is 0. The molecule has 0 spiro atoms. The molecule has 1 aromatic rings. The molecule has 64 valence electrons. The molecule has 0 saturated heterocycles. The van der Waals surface area contributed by atoms with Crippen LogP contribution in [0.3, 0.4) is 0 Å². The minimum absolute atomic E-state index is 0.418. The van der Waals surface area contributed by atoms with Crippen molar-refractivity contribution in [2.24, 2.45) is 0 Å². The lowest BCUT2D eigenvalue weighted by Crippen LogP contribution is -2.01. The highest BCUT2D eigenvalue weighted by Gasteiger charge is 1.97. The Kier molecular flexibility index (Phi) is 2.89. The number of terminal acetylenes is 1. The summed E-state index contributed by atoms with van der Waals surface area (Å²) >= 11 is 0. The van der Waals surface area contributed by atoms with Crippen LogP contribution in [-0.4, -0.2) is 11.5 Å². The SMILES string of the molecule is C#CCNc1cc(C#N)cc(C)n1. The summed E-state index contributed by atoms with van der Waals surface area (Å²) < 4.78 is 0. The first-order valence-corrected chi connectivity index (χ1v) is 3.82. The number of aryl methyl sites for hydroxylation is 1. The number of pyridine rings is 1. The third-order valence-electron chi connectivity index (χ3n) is 1.45. The largest absolute Gasteiger partial charge is 0.359 e. The zero-order valence-corrected chi connectivity index (χ0v) is 7.33. The van der Waals surface area contributed by atoms with Crippen molar-refractivity contribution in [3.8, 4) is 18.4 Å². The van der Waals surface area contributed by atoms with Crippen LogP contribution in [0.5, 0.6) is 0 Å². The molecule has 3 heteroatoms. The third-order valence-corrected chi connectivity index (χ3v) is 1.45. The van der Waals surface area contributed by atoms with E-state index in [1.54, 1.807) is 12.1 Å². The van der Waals surface area contributed by atoms with E-state index in [0.29, 0.717) is 17.9 Å². The summed E-state index contributed by atoms with van der Waals surface area (Å²) in [5.74, 6) is 3.09. The Morgan fingerprint density at radius 3 is 3.00 bits per heavy atom. The van der Waals surface area contributed by atoms with Crippen LogP contribution in [0.4, 0.5) is 5.82 Å². The number of hydrogen-bond donors (Lipinski definition) is 1. The second kappa shape index (κ2) is 4.13. The summed E-state index contributed by atoms with van der Waals surface area (Å²) in [4.78, 5) is 4.16. The van der Waals surface area contributed by atoms with Crippen LogP contribution in [0.15, 0.2) is 12.1 Å². The number of nitriles is 1. The van der Waals surface area contributed by atoms with Gasteiger partial charge < -0.3 is 5.32 Å². The van der Waals surface area contributed by atoms with Crippen LogP contribution < -0.4 is 5.32 Å². The molecule has 13 heavy (non-hydrogen) atoms. The summed E-state index contributed by atoms with van der Waals surface area (Å²) in [6.07, 6.45) is 5.08.